The van der Waals surface area contributed by atoms with E-state index in [1.54, 1.807) is 0 Å². The van der Waals surface area contributed by atoms with Gasteiger partial charge in [0.1, 0.15) is 6.26 Å². The summed E-state index contributed by atoms with van der Waals surface area (Å²) in [5.41, 5.74) is 0.789. The van der Waals surface area contributed by atoms with Gasteiger partial charge in [0.15, 0.2) is 11.6 Å². The molecule has 0 bridgehead atoms. The molecule has 1 aromatic carbocycles. The minimum absolute atomic E-state index is 0.100. The minimum Gasteiger partial charge on any atom is -0.444 e. The van der Waals surface area contributed by atoms with Crippen molar-refractivity contribution in [2.24, 2.45) is 5.92 Å². The van der Waals surface area contributed by atoms with Gasteiger partial charge in [-0.1, -0.05) is 0 Å². The molecule has 2 N–H and O–H groups in total. The first kappa shape index (κ1) is 14.3. The molecule has 2 aromatic rings. The highest BCUT2D eigenvalue weighted by molar-refractivity contribution is 5.79. The number of halogens is 2. The Labute approximate surface area is 131 Å². The summed E-state index contributed by atoms with van der Waals surface area (Å²) >= 11 is 0. The van der Waals surface area contributed by atoms with E-state index in [4.69, 9.17) is 4.42 Å². The number of nitrogens with zero attached hydrogens (tertiary/aromatic N) is 1. The Kier molecular flexibility index (Phi) is 3.37. The molecule has 3 atom stereocenters. The van der Waals surface area contributed by atoms with E-state index >= 15 is 0 Å². The maximum absolute atomic E-state index is 13.2. The molecule has 0 spiro atoms. The number of hydrogen-bond donors (Lipinski definition) is 2. The molecular weight excluding hydrogens is 304 g/mol. The summed E-state index contributed by atoms with van der Waals surface area (Å²) < 4.78 is 31.4. The van der Waals surface area contributed by atoms with Crippen LogP contribution in [-0.2, 0) is 11.2 Å². The Morgan fingerprint density at radius 1 is 1.39 bits per heavy atom. The molecule has 2 aliphatic rings. The van der Waals surface area contributed by atoms with Gasteiger partial charge in [-0.3, -0.25) is 4.79 Å². The van der Waals surface area contributed by atoms with Crippen LogP contribution in [0.4, 0.5) is 8.78 Å². The summed E-state index contributed by atoms with van der Waals surface area (Å²) in [7, 11) is 0. The van der Waals surface area contributed by atoms with Crippen LogP contribution in [0.3, 0.4) is 0 Å². The van der Waals surface area contributed by atoms with Crippen molar-refractivity contribution in [3.05, 3.63) is 41.8 Å². The normalized spacial score (nSPS) is 25.2. The van der Waals surface area contributed by atoms with Crippen LogP contribution in [0, 0.1) is 17.6 Å². The first-order valence-corrected chi connectivity index (χ1v) is 7.54. The second-order valence-corrected chi connectivity index (χ2v) is 5.98. The molecule has 1 saturated carbocycles. The van der Waals surface area contributed by atoms with E-state index in [2.05, 4.69) is 15.6 Å². The number of rotatable bonds is 4. The van der Waals surface area contributed by atoms with E-state index < -0.39 is 11.6 Å². The molecule has 23 heavy (non-hydrogen) atoms. The number of piperidine rings is 1. The second kappa shape index (κ2) is 5.42. The van der Waals surface area contributed by atoms with Crippen molar-refractivity contribution in [3.8, 4) is 11.5 Å². The summed E-state index contributed by atoms with van der Waals surface area (Å²) in [6.07, 6.45) is 2.56. The van der Waals surface area contributed by atoms with Gasteiger partial charge in [-0.05, 0) is 37.1 Å². The third kappa shape index (κ3) is 2.72. The third-order valence-electron chi connectivity index (χ3n) is 4.41. The fourth-order valence-electron chi connectivity index (χ4n) is 3.18. The molecule has 1 aliphatic heterocycles. The zero-order valence-corrected chi connectivity index (χ0v) is 12.2. The van der Waals surface area contributed by atoms with Crippen molar-refractivity contribution in [2.75, 3.05) is 6.54 Å². The lowest BCUT2D eigenvalue weighted by Crippen LogP contribution is -2.34. The van der Waals surface area contributed by atoms with Gasteiger partial charge < -0.3 is 15.1 Å². The molecule has 2 heterocycles. The minimum atomic E-state index is -0.965. The third-order valence-corrected chi connectivity index (χ3v) is 4.41. The van der Waals surface area contributed by atoms with Gasteiger partial charge in [0, 0.05) is 17.6 Å². The van der Waals surface area contributed by atoms with Crippen molar-refractivity contribution < 1.29 is 18.0 Å². The number of hydrogen-bond acceptors (Lipinski definition) is 4. The molecule has 1 aliphatic carbocycles. The first-order valence-electron chi connectivity index (χ1n) is 7.54. The van der Waals surface area contributed by atoms with Crippen molar-refractivity contribution in [1.29, 1.82) is 0 Å². The van der Waals surface area contributed by atoms with E-state index in [1.165, 1.54) is 12.3 Å². The van der Waals surface area contributed by atoms with E-state index in [-0.39, 0.29) is 24.3 Å². The quantitative estimate of drug-likeness (QED) is 0.899. The van der Waals surface area contributed by atoms with Crippen molar-refractivity contribution in [2.45, 2.75) is 24.9 Å². The lowest BCUT2D eigenvalue weighted by molar-refractivity contribution is -0.120. The Hall–Kier alpha value is -2.28. The summed E-state index contributed by atoms with van der Waals surface area (Å²) in [6.45, 7) is 1.02. The standard InChI is InChI=1S/C16H15F2N3O2/c17-11-2-1-8(5-12(11)18)16-20-9(7-23-16)6-13(22)21-15-10-3-4-19-14(10)15/h1-2,5,7,10,14-15,19H,3-4,6H2,(H,21,22)/t10-,14+,15+/m0/s1. The second-order valence-electron chi connectivity index (χ2n) is 5.98. The van der Waals surface area contributed by atoms with Gasteiger partial charge in [-0.25, -0.2) is 13.8 Å². The molecule has 4 rings (SSSR count). The van der Waals surface area contributed by atoms with E-state index in [1.807, 2.05) is 0 Å². The summed E-state index contributed by atoms with van der Waals surface area (Å²) in [4.78, 5) is 16.2. The Balaban J connectivity index is 1.39. The summed E-state index contributed by atoms with van der Waals surface area (Å²) in [6, 6.07) is 4.04. The highest BCUT2D eigenvalue weighted by atomic mass is 19.2. The Morgan fingerprint density at radius 3 is 3.00 bits per heavy atom. The average molecular weight is 319 g/mol. The van der Waals surface area contributed by atoms with Gasteiger partial charge >= 0.3 is 0 Å². The van der Waals surface area contributed by atoms with Crippen LogP contribution in [0.25, 0.3) is 11.5 Å². The number of oxazole rings is 1. The molecular formula is C16H15F2N3O2. The molecule has 120 valence electrons. The molecule has 7 heteroatoms. The van der Waals surface area contributed by atoms with Gasteiger partial charge in [0.25, 0.3) is 0 Å². The van der Waals surface area contributed by atoms with E-state index in [0.717, 1.165) is 25.1 Å². The molecule has 1 aromatic heterocycles. The molecule has 5 nitrogen and oxygen atoms in total. The number of carbonyl (C=O) groups is 1. The van der Waals surface area contributed by atoms with E-state index in [0.29, 0.717) is 23.2 Å². The maximum Gasteiger partial charge on any atom is 0.226 e. The summed E-state index contributed by atoms with van der Waals surface area (Å²) in [5.74, 6) is -1.29. The molecule has 2 fully saturated rings. The number of benzene rings is 1. The Morgan fingerprint density at radius 2 is 2.26 bits per heavy atom. The highest BCUT2D eigenvalue weighted by Crippen LogP contribution is 2.38. The largest absolute Gasteiger partial charge is 0.444 e. The smallest absolute Gasteiger partial charge is 0.226 e. The van der Waals surface area contributed by atoms with Crippen molar-refractivity contribution in [3.63, 3.8) is 0 Å². The first-order chi connectivity index (χ1) is 11.1. The van der Waals surface area contributed by atoms with Crippen molar-refractivity contribution >= 4 is 5.91 Å². The average Bonchev–Trinajstić information content (AvgIpc) is 2.93. The van der Waals surface area contributed by atoms with Gasteiger partial charge in [-0.15, -0.1) is 0 Å². The fourth-order valence-corrected chi connectivity index (χ4v) is 3.18. The molecule has 0 radical (unpaired) electrons. The highest BCUT2D eigenvalue weighted by Gasteiger charge is 2.53. The molecule has 1 amide bonds. The SMILES string of the molecule is O=C(Cc1coc(-c2ccc(F)c(F)c2)n1)N[C@@H]1[C@H]2CCN[C@H]21. The van der Waals surface area contributed by atoms with Crippen LogP contribution in [0.1, 0.15) is 12.1 Å². The maximum atomic E-state index is 13.2. The van der Waals surface area contributed by atoms with Crippen molar-refractivity contribution in [1.82, 2.24) is 15.6 Å². The lowest BCUT2D eigenvalue weighted by Gasteiger charge is -2.06. The number of amides is 1. The van der Waals surface area contributed by atoms with Crippen LogP contribution in [0.2, 0.25) is 0 Å². The number of aromatic nitrogens is 1. The zero-order valence-electron chi connectivity index (χ0n) is 12.2. The predicted molar refractivity (Wildman–Crippen MR) is 77.4 cm³/mol. The Bertz CT molecular complexity index is 752. The predicted octanol–water partition coefficient (Wildman–Crippen LogP) is 1.64. The van der Waals surface area contributed by atoms with Crippen LogP contribution in [0.15, 0.2) is 28.9 Å². The van der Waals surface area contributed by atoms with Crippen LogP contribution < -0.4 is 10.6 Å². The molecule has 1 saturated heterocycles. The van der Waals surface area contributed by atoms with Crippen LogP contribution in [-0.4, -0.2) is 29.5 Å². The summed E-state index contributed by atoms with van der Waals surface area (Å²) in [5, 5.41) is 6.31. The molecule has 0 unspecified atom stereocenters. The number of nitrogens with one attached hydrogen (secondary N) is 2. The zero-order chi connectivity index (χ0) is 16.0. The van der Waals surface area contributed by atoms with Gasteiger partial charge in [-0.2, -0.15) is 0 Å². The fraction of sp³-hybridized carbons (Fsp3) is 0.375. The lowest BCUT2D eigenvalue weighted by atomic mass is 10.2. The monoisotopic (exact) mass is 319 g/mol. The number of fused-ring (bicyclic) bond motifs is 1. The van der Waals surface area contributed by atoms with Crippen LogP contribution in [0.5, 0.6) is 0 Å². The topological polar surface area (TPSA) is 67.2 Å². The van der Waals surface area contributed by atoms with E-state index in [9.17, 15) is 13.6 Å². The van der Waals surface area contributed by atoms with Crippen LogP contribution >= 0.6 is 0 Å². The number of carbonyl (C=O) groups excluding carboxylic acids is 1. The van der Waals surface area contributed by atoms with Gasteiger partial charge in [0.05, 0.1) is 12.1 Å². The van der Waals surface area contributed by atoms with Gasteiger partial charge in [0.2, 0.25) is 11.8 Å².